The Morgan fingerprint density at radius 1 is 1.12 bits per heavy atom. The number of rotatable bonds is 6. The molecule has 26 heavy (non-hydrogen) atoms. The van der Waals surface area contributed by atoms with Gasteiger partial charge < -0.3 is 44.1 Å². The summed E-state index contributed by atoms with van der Waals surface area (Å²) >= 11 is 0. The van der Waals surface area contributed by atoms with E-state index in [1.165, 1.54) is 21.3 Å². The van der Waals surface area contributed by atoms with Crippen LogP contribution in [0.1, 0.15) is 11.7 Å². The van der Waals surface area contributed by atoms with E-state index in [9.17, 15) is 25.2 Å². The molecule has 1 heterocycles. The number of carbonyl (C=O) groups excluding carboxylic acids is 1. The molecule has 0 radical (unpaired) electrons. The third kappa shape index (κ3) is 4.00. The highest BCUT2D eigenvalue weighted by atomic mass is 16.7. The predicted octanol–water partition coefficient (Wildman–Crippen LogP) is -0.278. The first-order chi connectivity index (χ1) is 12.8. The first-order valence-corrected chi connectivity index (χ1v) is 7.60. The highest BCUT2D eigenvalue weighted by Crippen LogP contribution is 2.35. The Kier molecular flexibility index (Phi) is 6.12. The van der Waals surface area contributed by atoms with Gasteiger partial charge in [0.1, 0.15) is 31.0 Å². The molecule has 2 rings (SSSR count). The van der Waals surface area contributed by atoms with E-state index in [0.717, 1.165) is 6.07 Å². The van der Waals surface area contributed by atoms with Gasteiger partial charge >= 0.3 is 5.97 Å². The molecule has 1 unspecified atom stereocenters. The zero-order valence-electron chi connectivity index (χ0n) is 15.4. The van der Waals surface area contributed by atoms with Gasteiger partial charge in [0.15, 0.2) is 23.5 Å². The van der Waals surface area contributed by atoms with Crippen molar-refractivity contribution in [3.63, 3.8) is 0 Å². The van der Waals surface area contributed by atoms with E-state index in [1.54, 1.807) is 0 Å². The van der Waals surface area contributed by atoms with E-state index < -0.39 is 65.5 Å². The number of methoxy groups -OCH3 is 3. The molecule has 0 aliphatic carbocycles. The smallest absolute Gasteiger partial charge is 0.338 e. The number of aromatic hydroxyl groups is 3. The van der Waals surface area contributed by atoms with Crippen LogP contribution in [0.15, 0.2) is 12.1 Å². The molecule has 5 atom stereocenters. The maximum Gasteiger partial charge on any atom is 0.338 e. The number of carbonyl (C=O) groups is 1. The molecule has 146 valence electrons. The number of hydrogen-bond acceptors (Lipinski definition) is 10. The second-order valence-corrected chi connectivity index (χ2v) is 5.53. The number of esters is 1. The molecule has 1 aromatic carbocycles. The number of aliphatic hydroxyl groups is 1. The van der Waals surface area contributed by atoms with Crippen LogP contribution in [0, 0.1) is 0 Å². The van der Waals surface area contributed by atoms with Gasteiger partial charge in [0.05, 0.1) is 6.93 Å². The molecule has 10 heteroatoms. The van der Waals surface area contributed by atoms with E-state index in [0.29, 0.717) is 0 Å². The van der Waals surface area contributed by atoms with Gasteiger partial charge in [-0.05, 0) is 12.1 Å². The van der Waals surface area contributed by atoms with Crippen molar-refractivity contribution in [3.05, 3.63) is 17.7 Å². The Balaban J connectivity index is 2.14. The first-order valence-electron chi connectivity index (χ1n) is 8.10. The first kappa shape index (κ1) is 18.7. The van der Waals surface area contributed by atoms with Gasteiger partial charge in [-0.25, -0.2) is 4.79 Å². The van der Waals surface area contributed by atoms with Gasteiger partial charge in [-0.1, -0.05) is 0 Å². The van der Waals surface area contributed by atoms with Crippen LogP contribution in [0.2, 0.25) is 0 Å². The number of benzene rings is 1. The summed E-state index contributed by atoms with van der Waals surface area (Å²) in [5.41, 5.74) is -0.466. The molecule has 4 N–H and O–H groups in total. The molecule has 1 aliphatic heterocycles. The van der Waals surface area contributed by atoms with Crippen LogP contribution in [0.5, 0.6) is 17.2 Å². The Bertz CT molecular complexity index is 682. The van der Waals surface area contributed by atoms with Crippen molar-refractivity contribution < 1.29 is 50.3 Å². The minimum atomic E-state index is -1.36. The quantitative estimate of drug-likeness (QED) is 0.387. The standard InChI is InChI=1S/C16H22O10/c1-22-12-10(26-16(21)14(24-3)13(12)23-2)6-25-15(20)7-4-8(17)11(19)9(18)5-7/h4-5,10,12-14,16-19,21H,6H2,1-3H3/t10-,12-,13+,14-,16?/m1/s1/i4D. The fourth-order valence-electron chi connectivity index (χ4n) is 2.73. The fourth-order valence-corrected chi connectivity index (χ4v) is 2.73. The van der Waals surface area contributed by atoms with Gasteiger partial charge in [0.2, 0.25) is 0 Å². The lowest BCUT2D eigenvalue weighted by atomic mass is 9.98. The molecule has 1 aromatic rings. The van der Waals surface area contributed by atoms with Gasteiger partial charge in [0, 0.05) is 21.3 Å². The monoisotopic (exact) mass is 375 g/mol. The average Bonchev–Trinajstić information content (AvgIpc) is 2.66. The molecule has 0 bridgehead atoms. The normalized spacial score (nSPS) is 29.2. The average molecular weight is 375 g/mol. The Morgan fingerprint density at radius 2 is 1.73 bits per heavy atom. The van der Waals surface area contributed by atoms with Crippen LogP contribution in [0.4, 0.5) is 0 Å². The van der Waals surface area contributed by atoms with Crippen LogP contribution in [-0.2, 0) is 23.7 Å². The van der Waals surface area contributed by atoms with Crippen LogP contribution < -0.4 is 0 Å². The van der Waals surface area contributed by atoms with E-state index in [1.807, 2.05) is 0 Å². The Hall–Kier alpha value is -2.11. The van der Waals surface area contributed by atoms with Crippen molar-refractivity contribution in [1.29, 1.82) is 0 Å². The minimum absolute atomic E-state index is 0.382. The lowest BCUT2D eigenvalue weighted by molar-refractivity contribution is -0.299. The summed E-state index contributed by atoms with van der Waals surface area (Å²) in [5.74, 6) is -3.70. The van der Waals surface area contributed by atoms with Crippen molar-refractivity contribution in [2.75, 3.05) is 27.9 Å². The van der Waals surface area contributed by atoms with Crippen LogP contribution in [0.3, 0.4) is 0 Å². The van der Waals surface area contributed by atoms with Crippen LogP contribution in [0.25, 0.3) is 0 Å². The maximum absolute atomic E-state index is 12.2. The molecule has 0 saturated carbocycles. The SMILES string of the molecule is [2H]c1c(C(=O)OC[C@H]2OC(O)[C@H](OC)[C@@H](OC)[C@@H]2OC)cc(O)c(O)c1O. The molecular weight excluding hydrogens is 352 g/mol. The van der Waals surface area contributed by atoms with Crippen molar-refractivity contribution in [1.82, 2.24) is 0 Å². The lowest BCUT2D eigenvalue weighted by Gasteiger charge is -2.42. The zero-order chi connectivity index (χ0) is 20.3. The summed E-state index contributed by atoms with van der Waals surface area (Å²) in [6.07, 6.45) is -4.55. The Morgan fingerprint density at radius 3 is 2.31 bits per heavy atom. The van der Waals surface area contributed by atoms with Crippen LogP contribution in [-0.4, -0.2) is 85.0 Å². The van der Waals surface area contributed by atoms with Crippen molar-refractivity contribution >= 4 is 5.97 Å². The van der Waals surface area contributed by atoms with E-state index in [-0.39, 0.29) is 6.61 Å². The number of ether oxygens (including phenoxy) is 5. The molecule has 10 nitrogen and oxygen atoms in total. The third-order valence-electron chi connectivity index (χ3n) is 4.03. The number of hydrogen-bond donors (Lipinski definition) is 4. The van der Waals surface area contributed by atoms with Crippen molar-refractivity contribution in [2.45, 2.75) is 30.7 Å². The number of aliphatic hydroxyl groups excluding tert-OH is 1. The molecule has 1 saturated heterocycles. The van der Waals surface area contributed by atoms with Gasteiger partial charge in [0.25, 0.3) is 0 Å². The molecular formula is C16H22O10. The third-order valence-corrected chi connectivity index (χ3v) is 4.03. The van der Waals surface area contributed by atoms with Crippen LogP contribution >= 0.6 is 0 Å². The zero-order valence-corrected chi connectivity index (χ0v) is 14.4. The van der Waals surface area contributed by atoms with Gasteiger partial charge in [-0.3, -0.25) is 0 Å². The molecule has 0 spiro atoms. The Labute approximate surface area is 150 Å². The summed E-state index contributed by atoms with van der Waals surface area (Å²) in [7, 11) is 4.16. The molecule has 1 aliphatic rings. The van der Waals surface area contributed by atoms with Crippen molar-refractivity contribution in [2.24, 2.45) is 0 Å². The summed E-state index contributed by atoms with van der Waals surface area (Å²) < 4.78 is 33.9. The predicted molar refractivity (Wildman–Crippen MR) is 85.0 cm³/mol. The second kappa shape index (κ2) is 8.52. The lowest BCUT2D eigenvalue weighted by Crippen LogP contribution is -2.60. The maximum atomic E-state index is 12.2. The van der Waals surface area contributed by atoms with E-state index >= 15 is 0 Å². The number of phenols is 3. The fraction of sp³-hybridized carbons (Fsp3) is 0.562. The highest BCUT2D eigenvalue weighted by molar-refractivity contribution is 5.91. The largest absolute Gasteiger partial charge is 0.504 e. The number of phenolic OH excluding ortho intramolecular Hbond substituents is 3. The highest BCUT2D eigenvalue weighted by Gasteiger charge is 2.47. The van der Waals surface area contributed by atoms with Gasteiger partial charge in [-0.15, -0.1) is 0 Å². The summed E-state index contributed by atoms with van der Waals surface area (Å²) in [4.78, 5) is 12.2. The minimum Gasteiger partial charge on any atom is -0.504 e. The summed E-state index contributed by atoms with van der Waals surface area (Å²) in [5, 5.41) is 38.5. The molecule has 0 amide bonds. The summed E-state index contributed by atoms with van der Waals surface area (Å²) in [6.45, 7) is -0.382. The van der Waals surface area contributed by atoms with E-state index in [4.69, 9.17) is 25.1 Å². The molecule has 0 aromatic heterocycles. The van der Waals surface area contributed by atoms with Gasteiger partial charge in [-0.2, -0.15) is 0 Å². The summed E-state index contributed by atoms with van der Waals surface area (Å²) in [6, 6.07) is 0.0839. The molecule has 1 fully saturated rings. The van der Waals surface area contributed by atoms with E-state index in [2.05, 4.69) is 0 Å². The van der Waals surface area contributed by atoms with Crippen molar-refractivity contribution in [3.8, 4) is 17.2 Å². The topological polar surface area (TPSA) is 144 Å². The second-order valence-electron chi connectivity index (χ2n) is 5.53.